The van der Waals surface area contributed by atoms with E-state index in [1.54, 1.807) is 13.8 Å². The Bertz CT molecular complexity index is 1480. The summed E-state index contributed by atoms with van der Waals surface area (Å²) in [5.41, 5.74) is -21.3. The van der Waals surface area contributed by atoms with Crippen LogP contribution >= 0.6 is 0 Å². The van der Waals surface area contributed by atoms with E-state index in [1.165, 1.54) is 13.8 Å². The van der Waals surface area contributed by atoms with Gasteiger partial charge in [0.05, 0.1) is 0 Å². The number of carbonyl (C=O) groups is 2. The van der Waals surface area contributed by atoms with Crippen LogP contribution in [0.5, 0.6) is 0 Å². The summed E-state index contributed by atoms with van der Waals surface area (Å²) >= 11 is 0. The number of hydrogen-bond acceptors (Lipinski definition) is 6. The van der Waals surface area contributed by atoms with Gasteiger partial charge in [-0.3, -0.25) is 9.59 Å². The van der Waals surface area contributed by atoms with Crippen molar-refractivity contribution in [3.05, 3.63) is 0 Å². The van der Waals surface area contributed by atoms with Gasteiger partial charge in [-0.1, -0.05) is 27.7 Å². The number of alkyl halides is 18. The summed E-state index contributed by atoms with van der Waals surface area (Å²) in [5, 5.41) is 18.8. The van der Waals surface area contributed by atoms with Crippen molar-refractivity contribution in [3.8, 4) is 0 Å². The quantitative estimate of drug-likeness (QED) is 0.204. The minimum absolute atomic E-state index is 0.0336. The van der Waals surface area contributed by atoms with Crippen LogP contribution in [0.4, 0.5) is 79.0 Å². The molecule has 11 unspecified atom stereocenters. The first kappa shape index (κ1) is 49.0. The van der Waals surface area contributed by atoms with Gasteiger partial charge in [0.1, 0.15) is 6.10 Å². The standard InChI is InChI=1S/C17H21F9O3.C16H19F9O3/c1-7-8(2)10-5-9(7)6-13(10,15(18,19)20)11(27)29-12(3,4)14(28,16(21,22)23)17(24,25)26;1-6-7(2)10-4-9(6)5-12(10,14(17,18)19)11(26)28-8(3)13(27,15(20,21)22)16(23,24)25/h7-10,28H,5-6H2,1-4H3;6-10,27H,4-5H2,1-3H3. The van der Waals surface area contributed by atoms with Crippen molar-refractivity contribution in [2.45, 2.75) is 134 Å². The molecule has 4 bridgehead atoms. The number of esters is 2. The molecule has 0 aromatic carbocycles. The highest BCUT2D eigenvalue weighted by Crippen LogP contribution is 2.68. The second-order valence-electron chi connectivity index (χ2n) is 16.4. The zero-order valence-corrected chi connectivity index (χ0v) is 30.9. The Morgan fingerprint density at radius 2 is 0.877 bits per heavy atom. The lowest BCUT2D eigenvalue weighted by molar-refractivity contribution is -0.409. The highest BCUT2D eigenvalue weighted by atomic mass is 19.4. The zero-order valence-electron chi connectivity index (χ0n) is 30.9. The predicted octanol–water partition coefficient (Wildman–Crippen LogP) is 9.66. The lowest BCUT2D eigenvalue weighted by Gasteiger charge is -2.47. The van der Waals surface area contributed by atoms with Gasteiger partial charge >= 0.3 is 49.0 Å². The maximum atomic E-state index is 14.0. The largest absolute Gasteiger partial charge is 0.458 e. The highest BCUT2D eigenvalue weighted by molar-refractivity contribution is 5.80. The molecule has 334 valence electrons. The molecule has 11 atom stereocenters. The lowest BCUT2D eigenvalue weighted by Crippen LogP contribution is -2.70. The van der Waals surface area contributed by atoms with Gasteiger partial charge in [0.15, 0.2) is 16.4 Å². The maximum absolute atomic E-state index is 14.0. The van der Waals surface area contributed by atoms with Gasteiger partial charge in [0, 0.05) is 0 Å². The molecule has 0 aromatic rings. The van der Waals surface area contributed by atoms with E-state index in [9.17, 15) is 98.8 Å². The molecular formula is C33H40F18O6. The summed E-state index contributed by atoms with van der Waals surface area (Å²) in [6.07, 6.45) is -40.8. The third kappa shape index (κ3) is 7.12. The summed E-state index contributed by atoms with van der Waals surface area (Å²) in [6, 6.07) is 0. The molecule has 0 aliphatic heterocycles. The Morgan fingerprint density at radius 1 is 0.561 bits per heavy atom. The molecule has 24 heteroatoms. The first-order valence-corrected chi connectivity index (χ1v) is 17.3. The normalized spacial score (nSPS) is 34.5. The number of rotatable bonds is 6. The molecule has 0 spiro atoms. The summed E-state index contributed by atoms with van der Waals surface area (Å²) in [4.78, 5) is 25.0. The number of ether oxygens (including phenoxy) is 2. The number of aliphatic hydroxyl groups is 2. The van der Waals surface area contributed by atoms with E-state index in [0.29, 0.717) is 0 Å². The van der Waals surface area contributed by atoms with Crippen molar-refractivity contribution < 1.29 is 108 Å². The van der Waals surface area contributed by atoms with Crippen LogP contribution in [0.1, 0.15) is 74.1 Å². The van der Waals surface area contributed by atoms with Gasteiger partial charge in [-0.2, -0.15) is 79.0 Å². The van der Waals surface area contributed by atoms with Crippen LogP contribution < -0.4 is 0 Å². The smallest absolute Gasteiger partial charge is 0.430 e. The fourth-order valence-corrected chi connectivity index (χ4v) is 9.64. The molecule has 4 aliphatic carbocycles. The molecule has 4 aliphatic rings. The second-order valence-corrected chi connectivity index (χ2v) is 16.4. The fraction of sp³-hybridized carbons (Fsp3) is 0.939. The SMILES string of the molecule is CC1C2CC(C1C)C(C(=O)OC(C)(C)C(O)(C(F)(F)F)C(F)(F)F)(C(F)(F)F)C2.CC1C2CC(C1C)C(C(=O)OC(C)C(O)(C(F)(F)F)C(F)(F)F)(C(F)(F)F)C2. The number of hydrogen-bond donors (Lipinski definition) is 2. The Labute approximate surface area is 313 Å². The summed E-state index contributed by atoms with van der Waals surface area (Å²) in [7, 11) is 0. The Hall–Kier alpha value is -2.40. The minimum Gasteiger partial charge on any atom is -0.458 e. The molecule has 0 heterocycles. The summed E-state index contributed by atoms with van der Waals surface area (Å²) < 4.78 is 248. The van der Waals surface area contributed by atoms with E-state index in [4.69, 9.17) is 0 Å². The zero-order chi connectivity index (χ0) is 45.1. The van der Waals surface area contributed by atoms with Gasteiger partial charge in [-0.25, -0.2) is 0 Å². The van der Waals surface area contributed by atoms with E-state index in [0.717, 1.165) is 0 Å². The highest BCUT2D eigenvalue weighted by Gasteiger charge is 2.81. The van der Waals surface area contributed by atoms with Crippen LogP contribution in [0.15, 0.2) is 0 Å². The van der Waals surface area contributed by atoms with Crippen LogP contribution in [0.3, 0.4) is 0 Å². The fourth-order valence-electron chi connectivity index (χ4n) is 9.64. The first-order valence-electron chi connectivity index (χ1n) is 17.3. The van der Waals surface area contributed by atoms with E-state index >= 15 is 0 Å². The molecule has 2 N–H and O–H groups in total. The van der Waals surface area contributed by atoms with E-state index in [1.807, 2.05) is 0 Å². The molecule has 0 saturated heterocycles. The number of fused-ring (bicyclic) bond motifs is 4. The van der Waals surface area contributed by atoms with E-state index in [-0.39, 0.29) is 45.4 Å². The van der Waals surface area contributed by atoms with E-state index < -0.39 is 131 Å². The van der Waals surface area contributed by atoms with Gasteiger partial charge in [-0.05, 0) is 93.8 Å². The Morgan fingerprint density at radius 3 is 1.12 bits per heavy atom. The molecule has 0 amide bonds. The summed E-state index contributed by atoms with van der Waals surface area (Å²) in [5.74, 6) is -9.90. The van der Waals surface area contributed by atoms with Crippen molar-refractivity contribution in [2.24, 2.45) is 58.2 Å². The molecule has 0 radical (unpaired) electrons. The predicted molar refractivity (Wildman–Crippen MR) is 156 cm³/mol. The minimum atomic E-state index is -6.36. The number of halogens is 18. The summed E-state index contributed by atoms with van der Waals surface area (Å²) in [6.45, 7) is 6.52. The van der Waals surface area contributed by atoms with Crippen molar-refractivity contribution >= 4 is 11.9 Å². The Kier molecular flexibility index (Phi) is 12.1. The van der Waals surface area contributed by atoms with Crippen LogP contribution in [0.25, 0.3) is 0 Å². The maximum Gasteiger partial charge on any atom is 0.430 e. The average Bonchev–Trinajstić information content (AvgIpc) is 3.74. The lowest BCUT2D eigenvalue weighted by atomic mass is 9.65. The van der Waals surface area contributed by atoms with Gasteiger partial charge in [-0.15, -0.1) is 0 Å². The molecule has 0 aromatic heterocycles. The van der Waals surface area contributed by atoms with Crippen LogP contribution in [0, 0.1) is 58.2 Å². The molecule has 6 nitrogen and oxygen atoms in total. The van der Waals surface area contributed by atoms with Gasteiger partial charge in [0.25, 0.3) is 11.2 Å². The molecular weight excluding hydrogens is 834 g/mol. The van der Waals surface area contributed by atoms with Gasteiger partial charge in [0.2, 0.25) is 0 Å². The first-order chi connectivity index (χ1) is 25.0. The third-order valence-electron chi connectivity index (χ3n) is 13.5. The molecule has 4 fully saturated rings. The van der Waals surface area contributed by atoms with Crippen LogP contribution in [-0.2, 0) is 19.1 Å². The second kappa shape index (κ2) is 14.1. The van der Waals surface area contributed by atoms with Crippen molar-refractivity contribution in [1.82, 2.24) is 0 Å². The molecule has 4 rings (SSSR count). The Balaban J connectivity index is 0.000000306. The van der Waals surface area contributed by atoms with Crippen molar-refractivity contribution in [1.29, 1.82) is 0 Å². The van der Waals surface area contributed by atoms with Crippen molar-refractivity contribution in [2.75, 3.05) is 0 Å². The molecule has 57 heavy (non-hydrogen) atoms. The van der Waals surface area contributed by atoms with Crippen LogP contribution in [-0.4, -0.2) is 82.1 Å². The monoisotopic (exact) mass is 874 g/mol. The third-order valence-corrected chi connectivity index (χ3v) is 13.5. The average molecular weight is 875 g/mol. The molecule has 4 saturated carbocycles. The van der Waals surface area contributed by atoms with E-state index in [2.05, 4.69) is 9.47 Å². The van der Waals surface area contributed by atoms with Crippen LogP contribution in [0.2, 0.25) is 0 Å². The number of carbonyl (C=O) groups excluding carboxylic acids is 2. The van der Waals surface area contributed by atoms with Gasteiger partial charge < -0.3 is 19.7 Å². The topological polar surface area (TPSA) is 93.1 Å². The van der Waals surface area contributed by atoms with Crippen molar-refractivity contribution in [3.63, 3.8) is 0 Å².